The van der Waals surface area contributed by atoms with Crippen molar-refractivity contribution in [2.75, 3.05) is 0 Å². The number of hydrogen-bond donors (Lipinski definition) is 0. The quantitative estimate of drug-likeness (QED) is 0.619. The molecule has 3 nitrogen and oxygen atoms in total. The van der Waals surface area contributed by atoms with Crippen molar-refractivity contribution < 1.29 is 34.6 Å². The fourth-order valence-electron chi connectivity index (χ4n) is 1.75. The maximum atomic E-state index is 13.0. The molecule has 0 saturated carbocycles. The van der Waals surface area contributed by atoms with Crippen LogP contribution in [0.2, 0.25) is 0 Å². The van der Waals surface area contributed by atoms with Crippen LogP contribution in [-0.2, 0) is 22.0 Å². The molecule has 23 heavy (non-hydrogen) atoms. The molecule has 0 amide bonds. The normalized spacial score (nSPS) is 12.2. The average Bonchev–Trinajstić information content (AvgIpc) is 2.41. The van der Waals surface area contributed by atoms with E-state index < -0.39 is 45.0 Å². The first-order valence-corrected chi connectivity index (χ1v) is 7.68. The topological polar surface area (TPSA) is 43.4 Å². The maximum absolute atomic E-state index is 13.0. The molecule has 9 heteroatoms. The van der Waals surface area contributed by atoms with Gasteiger partial charge in [-0.25, -0.2) is 8.78 Å². The SMILES string of the molecule is O=S(=O)(Cc1cccc(C(F)(F)F)c1)Oc1ccc(F)c(F)c1. The molecule has 0 unspecified atom stereocenters. The van der Waals surface area contributed by atoms with Crippen molar-refractivity contribution in [2.24, 2.45) is 0 Å². The van der Waals surface area contributed by atoms with Crippen LogP contribution in [0.1, 0.15) is 11.1 Å². The van der Waals surface area contributed by atoms with Crippen molar-refractivity contribution in [1.82, 2.24) is 0 Å². The predicted octanol–water partition coefficient (Wildman–Crippen LogP) is 3.89. The number of halogens is 5. The van der Waals surface area contributed by atoms with Crippen molar-refractivity contribution in [3.63, 3.8) is 0 Å². The Kier molecular flexibility index (Phi) is 4.60. The number of rotatable bonds is 4. The van der Waals surface area contributed by atoms with Crippen LogP contribution in [0.15, 0.2) is 42.5 Å². The van der Waals surface area contributed by atoms with E-state index in [2.05, 4.69) is 4.18 Å². The molecule has 0 radical (unpaired) electrons. The summed E-state index contributed by atoms with van der Waals surface area (Å²) in [5, 5.41) is 0. The fraction of sp³-hybridized carbons (Fsp3) is 0.143. The summed E-state index contributed by atoms with van der Waals surface area (Å²) in [4.78, 5) is 0. The molecule has 2 aromatic rings. The smallest absolute Gasteiger partial charge is 0.382 e. The lowest BCUT2D eigenvalue weighted by Crippen LogP contribution is -2.13. The van der Waals surface area contributed by atoms with E-state index in [0.717, 1.165) is 18.2 Å². The summed E-state index contributed by atoms with van der Waals surface area (Å²) >= 11 is 0. The molecule has 0 aliphatic rings. The van der Waals surface area contributed by atoms with Crippen molar-refractivity contribution in [2.45, 2.75) is 11.9 Å². The van der Waals surface area contributed by atoms with Gasteiger partial charge in [-0.1, -0.05) is 18.2 Å². The van der Waals surface area contributed by atoms with Gasteiger partial charge >= 0.3 is 16.3 Å². The Morgan fingerprint density at radius 1 is 0.957 bits per heavy atom. The number of hydrogen-bond acceptors (Lipinski definition) is 3. The Morgan fingerprint density at radius 2 is 1.65 bits per heavy atom. The lowest BCUT2D eigenvalue weighted by molar-refractivity contribution is -0.137. The summed E-state index contributed by atoms with van der Waals surface area (Å²) in [5.41, 5.74) is -1.15. The molecule has 2 rings (SSSR count). The van der Waals surface area contributed by atoms with E-state index in [-0.39, 0.29) is 5.56 Å². The first kappa shape index (κ1) is 17.2. The summed E-state index contributed by atoms with van der Waals surface area (Å²) in [6.07, 6.45) is -4.61. The minimum absolute atomic E-state index is 0.151. The largest absolute Gasteiger partial charge is 0.416 e. The highest BCUT2D eigenvalue weighted by Crippen LogP contribution is 2.30. The fourth-order valence-corrected chi connectivity index (χ4v) is 2.79. The third-order valence-electron chi connectivity index (χ3n) is 2.71. The average molecular weight is 352 g/mol. The minimum atomic E-state index is -4.61. The highest BCUT2D eigenvalue weighted by atomic mass is 32.2. The van der Waals surface area contributed by atoms with Gasteiger partial charge in [0.25, 0.3) is 0 Å². The van der Waals surface area contributed by atoms with Gasteiger partial charge in [0, 0.05) is 6.07 Å². The van der Waals surface area contributed by atoms with Gasteiger partial charge in [-0.05, 0) is 23.8 Å². The van der Waals surface area contributed by atoms with Gasteiger partial charge in [0.1, 0.15) is 11.5 Å². The molecule has 0 spiro atoms. The number of benzene rings is 2. The van der Waals surface area contributed by atoms with Crippen molar-refractivity contribution in [3.05, 3.63) is 65.2 Å². The van der Waals surface area contributed by atoms with E-state index in [4.69, 9.17) is 0 Å². The van der Waals surface area contributed by atoms with E-state index in [1.807, 2.05) is 0 Å². The zero-order chi connectivity index (χ0) is 17.3. The second-order valence-electron chi connectivity index (χ2n) is 4.56. The summed E-state index contributed by atoms with van der Waals surface area (Å²) in [7, 11) is -4.34. The first-order valence-electron chi connectivity index (χ1n) is 6.10. The lowest BCUT2D eigenvalue weighted by Gasteiger charge is -2.10. The molecule has 0 N–H and O–H groups in total. The van der Waals surface area contributed by atoms with Crippen LogP contribution in [0.4, 0.5) is 22.0 Å². The molecule has 0 saturated heterocycles. The monoisotopic (exact) mass is 352 g/mol. The van der Waals surface area contributed by atoms with Crippen LogP contribution in [0, 0.1) is 11.6 Å². The van der Waals surface area contributed by atoms with E-state index in [0.29, 0.717) is 18.2 Å². The summed E-state index contributed by atoms with van der Waals surface area (Å²) in [6, 6.07) is 5.80. The molecular formula is C14H9F5O3S. The molecule has 0 aliphatic carbocycles. The summed E-state index contributed by atoms with van der Waals surface area (Å²) in [6.45, 7) is 0. The summed E-state index contributed by atoms with van der Waals surface area (Å²) < 4.78 is 91.6. The van der Waals surface area contributed by atoms with Gasteiger partial charge in [0.05, 0.1) is 5.56 Å². The first-order chi connectivity index (χ1) is 10.6. The third kappa shape index (κ3) is 4.65. The van der Waals surface area contributed by atoms with Crippen LogP contribution in [0.5, 0.6) is 5.75 Å². The molecule has 0 bridgehead atoms. The Labute approximate surface area is 128 Å². The molecular weight excluding hydrogens is 343 g/mol. The van der Waals surface area contributed by atoms with Crippen LogP contribution in [0.3, 0.4) is 0 Å². The molecule has 124 valence electrons. The van der Waals surface area contributed by atoms with Gasteiger partial charge in [-0.15, -0.1) is 0 Å². The second kappa shape index (κ2) is 6.15. The standard InChI is InChI=1S/C14H9F5O3S/c15-12-5-4-11(7-13(12)16)22-23(20,21)8-9-2-1-3-10(6-9)14(17,18)19/h1-7H,8H2. The van der Waals surface area contributed by atoms with Crippen LogP contribution >= 0.6 is 0 Å². The maximum Gasteiger partial charge on any atom is 0.416 e. The lowest BCUT2D eigenvalue weighted by atomic mass is 10.1. The van der Waals surface area contributed by atoms with Crippen molar-refractivity contribution in [3.8, 4) is 5.75 Å². The van der Waals surface area contributed by atoms with Crippen LogP contribution in [-0.4, -0.2) is 8.42 Å². The second-order valence-corrected chi connectivity index (χ2v) is 6.13. The molecule has 2 aromatic carbocycles. The Bertz CT molecular complexity index is 815. The Hall–Kier alpha value is -2.16. The van der Waals surface area contributed by atoms with Gasteiger partial charge in [0.2, 0.25) is 0 Å². The minimum Gasteiger partial charge on any atom is -0.382 e. The van der Waals surface area contributed by atoms with E-state index in [1.54, 1.807) is 0 Å². The van der Waals surface area contributed by atoms with Crippen LogP contribution < -0.4 is 4.18 Å². The van der Waals surface area contributed by atoms with Crippen molar-refractivity contribution >= 4 is 10.1 Å². The molecule has 0 aromatic heterocycles. The van der Waals surface area contributed by atoms with Gasteiger partial charge in [-0.2, -0.15) is 21.6 Å². The Balaban J connectivity index is 2.19. The van der Waals surface area contributed by atoms with Gasteiger partial charge in [0.15, 0.2) is 11.6 Å². The molecule has 0 aliphatic heterocycles. The Morgan fingerprint density at radius 3 is 2.26 bits per heavy atom. The summed E-state index contributed by atoms with van der Waals surface area (Å²) in [5.74, 6) is -3.82. The highest BCUT2D eigenvalue weighted by Gasteiger charge is 2.30. The van der Waals surface area contributed by atoms with E-state index in [1.165, 1.54) is 6.07 Å². The van der Waals surface area contributed by atoms with E-state index in [9.17, 15) is 30.4 Å². The molecule has 0 fully saturated rings. The van der Waals surface area contributed by atoms with Gasteiger partial charge < -0.3 is 4.18 Å². The molecule has 0 atom stereocenters. The highest BCUT2D eigenvalue weighted by molar-refractivity contribution is 7.86. The predicted molar refractivity (Wildman–Crippen MR) is 71.1 cm³/mol. The van der Waals surface area contributed by atoms with Crippen molar-refractivity contribution in [1.29, 1.82) is 0 Å². The molecule has 0 heterocycles. The van der Waals surface area contributed by atoms with Crippen LogP contribution in [0.25, 0.3) is 0 Å². The van der Waals surface area contributed by atoms with Gasteiger partial charge in [-0.3, -0.25) is 0 Å². The third-order valence-corrected chi connectivity index (χ3v) is 3.85. The zero-order valence-electron chi connectivity index (χ0n) is 11.3. The zero-order valence-corrected chi connectivity index (χ0v) is 12.1. The van der Waals surface area contributed by atoms with E-state index >= 15 is 0 Å². The number of alkyl halides is 3.